The van der Waals surface area contributed by atoms with Gasteiger partial charge in [0.25, 0.3) is 0 Å². The summed E-state index contributed by atoms with van der Waals surface area (Å²) in [6.45, 7) is 3.33. The molecule has 3 atom stereocenters. The van der Waals surface area contributed by atoms with Gasteiger partial charge in [-0.1, -0.05) is 41.4 Å². The summed E-state index contributed by atoms with van der Waals surface area (Å²) in [4.78, 5) is 29.1. The van der Waals surface area contributed by atoms with Crippen molar-refractivity contribution in [1.82, 2.24) is 10.2 Å². The van der Waals surface area contributed by atoms with Crippen LogP contribution in [0.4, 0.5) is 10.1 Å². The third-order valence-electron chi connectivity index (χ3n) is 6.93. The normalized spacial score (nSPS) is 26.9. The second-order valence-corrected chi connectivity index (χ2v) is 9.72. The fourth-order valence-corrected chi connectivity index (χ4v) is 5.82. The van der Waals surface area contributed by atoms with Gasteiger partial charge in [0.05, 0.1) is 10.9 Å². The minimum atomic E-state index is -1.22. The van der Waals surface area contributed by atoms with Crippen molar-refractivity contribution in [3.8, 4) is 0 Å². The van der Waals surface area contributed by atoms with Gasteiger partial charge in [-0.2, -0.15) is 0 Å². The number of fused-ring (bicyclic) bond motifs is 2. The van der Waals surface area contributed by atoms with E-state index >= 15 is 4.39 Å². The van der Waals surface area contributed by atoms with Crippen LogP contribution in [-0.2, 0) is 15.1 Å². The third kappa shape index (κ3) is 3.23. The zero-order valence-corrected chi connectivity index (χ0v) is 19.1. The van der Waals surface area contributed by atoms with Crippen LogP contribution < -0.4 is 10.6 Å². The molecule has 1 aliphatic carbocycles. The van der Waals surface area contributed by atoms with Crippen molar-refractivity contribution in [1.29, 1.82) is 0 Å². The van der Waals surface area contributed by atoms with Crippen molar-refractivity contribution in [2.75, 3.05) is 25.0 Å². The number of halogens is 3. The summed E-state index contributed by atoms with van der Waals surface area (Å²) in [7, 11) is 0. The molecule has 2 N–H and O–H groups in total. The van der Waals surface area contributed by atoms with E-state index in [1.54, 1.807) is 24.3 Å². The average molecular weight is 476 g/mol. The van der Waals surface area contributed by atoms with Crippen LogP contribution in [0.1, 0.15) is 36.8 Å². The molecule has 0 radical (unpaired) electrons. The third-order valence-corrected chi connectivity index (χ3v) is 7.46. The Morgan fingerprint density at radius 3 is 2.78 bits per heavy atom. The molecule has 1 spiro atoms. The van der Waals surface area contributed by atoms with Crippen molar-refractivity contribution < 1.29 is 14.0 Å². The average Bonchev–Trinajstić information content (AvgIpc) is 3.44. The van der Waals surface area contributed by atoms with Gasteiger partial charge in [0.2, 0.25) is 11.8 Å². The van der Waals surface area contributed by atoms with Gasteiger partial charge < -0.3 is 10.6 Å². The molecule has 32 heavy (non-hydrogen) atoms. The molecule has 168 valence electrons. The molecule has 0 bridgehead atoms. The Kier molecular flexibility index (Phi) is 5.43. The molecule has 2 amide bonds. The highest BCUT2D eigenvalue weighted by Gasteiger charge is 2.65. The van der Waals surface area contributed by atoms with Crippen LogP contribution in [0.25, 0.3) is 0 Å². The van der Waals surface area contributed by atoms with Crippen LogP contribution in [0, 0.1) is 17.7 Å². The van der Waals surface area contributed by atoms with Crippen LogP contribution >= 0.6 is 23.2 Å². The lowest BCUT2D eigenvalue weighted by Gasteiger charge is -2.38. The first-order valence-corrected chi connectivity index (χ1v) is 11.7. The summed E-state index contributed by atoms with van der Waals surface area (Å²) in [6, 6.07) is 10.1. The van der Waals surface area contributed by atoms with Crippen molar-refractivity contribution in [3.63, 3.8) is 0 Å². The molecule has 0 unspecified atom stereocenters. The number of anilines is 1. The summed E-state index contributed by atoms with van der Waals surface area (Å²) in [5.74, 6) is -1.93. The first-order valence-electron chi connectivity index (χ1n) is 11.0. The summed E-state index contributed by atoms with van der Waals surface area (Å²) >= 11 is 12.4. The van der Waals surface area contributed by atoms with Crippen LogP contribution in [0.5, 0.6) is 0 Å². The number of likely N-dealkylation sites (tertiary alicyclic amines) is 1. The van der Waals surface area contributed by atoms with Crippen LogP contribution in [0.15, 0.2) is 36.4 Å². The second kappa shape index (κ2) is 8.01. The van der Waals surface area contributed by atoms with Gasteiger partial charge in [-0.05, 0) is 49.4 Å². The zero-order chi connectivity index (χ0) is 22.6. The molecule has 8 heteroatoms. The van der Waals surface area contributed by atoms with Gasteiger partial charge in [-0.15, -0.1) is 0 Å². The monoisotopic (exact) mass is 475 g/mol. The molecule has 1 saturated carbocycles. The number of nitrogens with one attached hydrogen (secondary N) is 2. The number of carbonyl (C=O) groups excluding carboxylic acids is 2. The van der Waals surface area contributed by atoms with E-state index in [0.29, 0.717) is 36.3 Å². The smallest absolute Gasteiger partial charge is 0.250 e. The Hall–Kier alpha value is -2.15. The molecule has 1 saturated heterocycles. The minimum Gasteiger partial charge on any atom is -0.356 e. The first kappa shape index (κ1) is 21.7. The van der Waals surface area contributed by atoms with E-state index in [9.17, 15) is 9.59 Å². The van der Waals surface area contributed by atoms with Crippen LogP contribution in [-0.4, -0.2) is 36.3 Å². The van der Waals surface area contributed by atoms with Gasteiger partial charge in [-0.3, -0.25) is 14.5 Å². The molecule has 5 rings (SSSR count). The Labute approximate surface area is 196 Å². The number of rotatable bonds is 5. The lowest BCUT2D eigenvalue weighted by atomic mass is 9.71. The van der Waals surface area contributed by atoms with E-state index < -0.39 is 23.2 Å². The Bertz CT molecular complexity index is 1110. The largest absolute Gasteiger partial charge is 0.356 e. The number of hydrogen-bond acceptors (Lipinski definition) is 3. The van der Waals surface area contributed by atoms with Gasteiger partial charge in [-0.25, -0.2) is 4.39 Å². The van der Waals surface area contributed by atoms with E-state index in [1.165, 1.54) is 6.07 Å². The van der Waals surface area contributed by atoms with Crippen molar-refractivity contribution in [2.24, 2.45) is 11.8 Å². The number of amides is 2. The molecule has 5 nitrogen and oxygen atoms in total. The topological polar surface area (TPSA) is 61.4 Å². The van der Waals surface area contributed by atoms with Gasteiger partial charge >= 0.3 is 0 Å². The number of benzene rings is 2. The van der Waals surface area contributed by atoms with E-state index in [4.69, 9.17) is 23.2 Å². The molecular weight excluding hydrogens is 452 g/mol. The quantitative estimate of drug-likeness (QED) is 0.666. The summed E-state index contributed by atoms with van der Waals surface area (Å²) in [6.07, 6.45) is 2.17. The predicted molar refractivity (Wildman–Crippen MR) is 122 cm³/mol. The SMILES string of the molecule is CCNC(=O)[C@@H]1CN(CC2CC2)[C@@]2(C(=O)Nc3cc(Cl)ccc32)[C@H]1c1cccc(Cl)c1F. The second-order valence-electron chi connectivity index (χ2n) is 8.88. The highest BCUT2D eigenvalue weighted by atomic mass is 35.5. The highest BCUT2D eigenvalue weighted by molar-refractivity contribution is 6.31. The fourth-order valence-electron chi connectivity index (χ4n) is 5.46. The van der Waals surface area contributed by atoms with E-state index in [0.717, 1.165) is 18.4 Å². The van der Waals surface area contributed by atoms with E-state index in [2.05, 4.69) is 15.5 Å². The molecule has 0 aromatic heterocycles. The fraction of sp³-hybridized carbons (Fsp3) is 0.417. The maximum absolute atomic E-state index is 15.4. The van der Waals surface area contributed by atoms with Crippen molar-refractivity contribution in [3.05, 3.63) is 63.4 Å². The Morgan fingerprint density at radius 1 is 1.28 bits per heavy atom. The zero-order valence-electron chi connectivity index (χ0n) is 17.6. The Balaban J connectivity index is 1.76. The van der Waals surface area contributed by atoms with Gasteiger partial charge in [0.1, 0.15) is 11.4 Å². The van der Waals surface area contributed by atoms with Gasteiger partial charge in [0, 0.05) is 41.8 Å². The molecule has 2 aliphatic heterocycles. The predicted octanol–water partition coefficient (Wildman–Crippen LogP) is 4.54. The molecule has 3 aliphatic rings. The first-order chi connectivity index (χ1) is 15.4. The summed E-state index contributed by atoms with van der Waals surface area (Å²) < 4.78 is 15.4. The van der Waals surface area contributed by atoms with E-state index in [-0.39, 0.29) is 22.4 Å². The maximum atomic E-state index is 15.4. The van der Waals surface area contributed by atoms with Crippen molar-refractivity contribution in [2.45, 2.75) is 31.2 Å². The molecule has 2 heterocycles. The number of carbonyl (C=O) groups is 2. The lowest BCUT2D eigenvalue weighted by molar-refractivity contribution is -0.127. The molecule has 2 fully saturated rings. The lowest BCUT2D eigenvalue weighted by Crippen LogP contribution is -2.51. The Morgan fingerprint density at radius 2 is 2.06 bits per heavy atom. The summed E-state index contributed by atoms with van der Waals surface area (Å²) in [5.41, 5.74) is 0.394. The number of hydrogen-bond donors (Lipinski definition) is 2. The highest BCUT2D eigenvalue weighted by Crippen LogP contribution is 2.58. The van der Waals surface area contributed by atoms with Crippen molar-refractivity contribution >= 4 is 40.7 Å². The molecular formula is C24H24Cl2FN3O2. The molecule has 2 aromatic carbocycles. The van der Waals surface area contributed by atoms with E-state index in [1.807, 2.05) is 13.0 Å². The standard InChI is InChI=1S/C24H24Cl2FN3O2/c1-2-28-22(31)16-12-30(11-13-6-7-13)24(20(16)15-4-3-5-18(26)21(15)27)17-9-8-14(25)10-19(17)29-23(24)32/h3-5,8-10,13,16,20H,2,6-7,11-12H2,1H3,(H,28,31)(H,29,32)/t16-,20+,24-/m1/s1. The maximum Gasteiger partial charge on any atom is 0.250 e. The van der Waals surface area contributed by atoms with Gasteiger partial charge in [0.15, 0.2) is 0 Å². The molecule has 2 aromatic rings. The summed E-state index contributed by atoms with van der Waals surface area (Å²) in [5, 5.41) is 6.33. The van der Waals surface area contributed by atoms with Crippen LogP contribution in [0.3, 0.4) is 0 Å². The minimum absolute atomic E-state index is 0.0253. The number of nitrogens with zero attached hydrogens (tertiary/aromatic N) is 1. The van der Waals surface area contributed by atoms with Crippen LogP contribution in [0.2, 0.25) is 10.0 Å².